The lowest BCUT2D eigenvalue weighted by molar-refractivity contribution is 0.243. The summed E-state index contributed by atoms with van der Waals surface area (Å²) in [5.41, 5.74) is 8.61. The average molecular weight is 285 g/mol. The topological polar surface area (TPSA) is 51.4 Å². The molecular formula is C17H23N3O. The summed E-state index contributed by atoms with van der Waals surface area (Å²) < 4.78 is 5.41. The number of aromatic nitrogens is 1. The highest BCUT2D eigenvalue weighted by Crippen LogP contribution is 2.20. The fourth-order valence-electron chi connectivity index (χ4n) is 2.29. The van der Waals surface area contributed by atoms with Crippen molar-refractivity contribution in [3.05, 3.63) is 53.9 Å². The smallest absolute Gasteiger partial charge is 0.122 e. The summed E-state index contributed by atoms with van der Waals surface area (Å²) in [6.45, 7) is 3.01. The zero-order valence-corrected chi connectivity index (χ0v) is 12.9. The number of para-hydroxylation sites is 1. The van der Waals surface area contributed by atoms with E-state index < -0.39 is 0 Å². The second-order valence-corrected chi connectivity index (χ2v) is 5.36. The maximum atomic E-state index is 5.66. The van der Waals surface area contributed by atoms with Crippen LogP contribution in [0.2, 0.25) is 0 Å². The van der Waals surface area contributed by atoms with Gasteiger partial charge in [0.2, 0.25) is 0 Å². The van der Waals surface area contributed by atoms with Gasteiger partial charge in [0, 0.05) is 12.6 Å². The molecule has 0 saturated heterocycles. The first-order chi connectivity index (χ1) is 10.1. The van der Waals surface area contributed by atoms with Crippen molar-refractivity contribution in [3.8, 4) is 5.75 Å². The molecule has 0 spiro atoms. The third kappa shape index (κ3) is 4.20. The highest BCUT2D eigenvalue weighted by atomic mass is 16.5. The molecule has 4 heteroatoms. The lowest BCUT2D eigenvalue weighted by Gasteiger charge is -2.25. The number of pyridine rings is 1. The summed E-state index contributed by atoms with van der Waals surface area (Å²) in [7, 11) is 3.82. The molecule has 1 heterocycles. The van der Waals surface area contributed by atoms with Gasteiger partial charge >= 0.3 is 0 Å². The van der Waals surface area contributed by atoms with Gasteiger partial charge in [0.05, 0.1) is 24.7 Å². The molecule has 0 aliphatic carbocycles. The van der Waals surface area contributed by atoms with E-state index in [1.54, 1.807) is 13.3 Å². The Labute approximate surface area is 126 Å². The van der Waals surface area contributed by atoms with Gasteiger partial charge in [0.15, 0.2) is 0 Å². The lowest BCUT2D eigenvalue weighted by Crippen LogP contribution is -2.30. The average Bonchev–Trinajstić information content (AvgIpc) is 2.50. The van der Waals surface area contributed by atoms with Gasteiger partial charge in [0.25, 0.3) is 0 Å². The molecule has 0 amide bonds. The summed E-state index contributed by atoms with van der Waals surface area (Å²) in [6, 6.07) is 12.4. The lowest BCUT2D eigenvalue weighted by atomic mass is 10.0. The predicted molar refractivity (Wildman–Crippen MR) is 86.3 cm³/mol. The monoisotopic (exact) mass is 285 g/mol. The molecule has 0 radical (unpaired) electrons. The fraction of sp³-hybridized carbons (Fsp3) is 0.353. The van der Waals surface area contributed by atoms with Crippen molar-refractivity contribution in [2.45, 2.75) is 25.9 Å². The van der Waals surface area contributed by atoms with E-state index in [0.29, 0.717) is 11.7 Å². The van der Waals surface area contributed by atoms with Crippen LogP contribution in [0.5, 0.6) is 5.75 Å². The quantitative estimate of drug-likeness (QED) is 0.886. The second-order valence-electron chi connectivity index (χ2n) is 5.36. The van der Waals surface area contributed by atoms with Crippen LogP contribution in [0.15, 0.2) is 42.6 Å². The number of hydrogen-bond donors (Lipinski definition) is 1. The molecule has 2 rings (SSSR count). The number of nitrogens with two attached hydrogens (primary N) is 1. The zero-order chi connectivity index (χ0) is 15.2. The molecular weight excluding hydrogens is 262 g/mol. The SMILES string of the molecule is COc1ccccc1CC(C)N(C)Cc1ccc(N)cn1. The molecule has 2 N–H and O–H groups in total. The number of benzene rings is 1. The number of hydrogen-bond acceptors (Lipinski definition) is 4. The number of nitrogen functional groups attached to an aromatic ring is 1. The van der Waals surface area contributed by atoms with E-state index in [1.165, 1.54) is 5.56 Å². The minimum Gasteiger partial charge on any atom is -0.496 e. The minimum absolute atomic E-state index is 0.389. The van der Waals surface area contributed by atoms with Crippen molar-refractivity contribution in [3.63, 3.8) is 0 Å². The standard InChI is InChI=1S/C17H23N3O/c1-13(10-14-6-4-5-7-17(14)21-3)20(2)12-16-9-8-15(18)11-19-16/h4-9,11,13H,10,12,18H2,1-3H3. The van der Waals surface area contributed by atoms with Crippen LogP contribution < -0.4 is 10.5 Å². The van der Waals surface area contributed by atoms with Crippen LogP contribution in [0.25, 0.3) is 0 Å². The maximum absolute atomic E-state index is 5.66. The van der Waals surface area contributed by atoms with Crippen LogP contribution >= 0.6 is 0 Å². The Kier molecular flexibility index (Phi) is 5.17. The van der Waals surface area contributed by atoms with E-state index in [-0.39, 0.29) is 0 Å². The van der Waals surface area contributed by atoms with Crippen LogP contribution in [0, 0.1) is 0 Å². The largest absolute Gasteiger partial charge is 0.496 e. The van der Waals surface area contributed by atoms with E-state index in [0.717, 1.165) is 24.4 Å². The van der Waals surface area contributed by atoms with Crippen LogP contribution in [-0.4, -0.2) is 30.1 Å². The minimum atomic E-state index is 0.389. The summed E-state index contributed by atoms with van der Waals surface area (Å²) >= 11 is 0. The Hall–Kier alpha value is -2.07. The van der Waals surface area contributed by atoms with E-state index in [2.05, 4.69) is 29.9 Å². The molecule has 0 bridgehead atoms. The molecule has 21 heavy (non-hydrogen) atoms. The highest BCUT2D eigenvalue weighted by molar-refractivity contribution is 5.35. The zero-order valence-electron chi connectivity index (χ0n) is 12.9. The van der Waals surface area contributed by atoms with Gasteiger partial charge in [-0.2, -0.15) is 0 Å². The van der Waals surface area contributed by atoms with Crippen molar-refractivity contribution < 1.29 is 4.74 Å². The summed E-state index contributed by atoms with van der Waals surface area (Å²) in [6.07, 6.45) is 2.64. The normalized spacial score (nSPS) is 12.4. The van der Waals surface area contributed by atoms with Gasteiger partial charge < -0.3 is 10.5 Å². The Morgan fingerprint density at radius 3 is 2.67 bits per heavy atom. The number of ether oxygens (including phenoxy) is 1. The van der Waals surface area contributed by atoms with E-state index in [9.17, 15) is 0 Å². The number of rotatable bonds is 6. The first-order valence-electron chi connectivity index (χ1n) is 7.12. The Balaban J connectivity index is 1.99. The van der Waals surface area contributed by atoms with E-state index in [1.807, 2.05) is 30.3 Å². The Bertz CT molecular complexity index is 569. The van der Waals surface area contributed by atoms with Crippen molar-refractivity contribution in [1.82, 2.24) is 9.88 Å². The molecule has 0 aliphatic rings. The maximum Gasteiger partial charge on any atom is 0.122 e. The number of likely N-dealkylation sites (N-methyl/N-ethyl adjacent to an activating group) is 1. The molecule has 0 fully saturated rings. The first kappa shape index (κ1) is 15.3. The molecule has 0 aliphatic heterocycles. The molecule has 4 nitrogen and oxygen atoms in total. The van der Waals surface area contributed by atoms with E-state index in [4.69, 9.17) is 10.5 Å². The van der Waals surface area contributed by atoms with Crippen LogP contribution in [0.1, 0.15) is 18.2 Å². The van der Waals surface area contributed by atoms with Gasteiger partial charge in [-0.05, 0) is 44.2 Å². The molecule has 112 valence electrons. The van der Waals surface area contributed by atoms with Gasteiger partial charge in [-0.15, -0.1) is 0 Å². The molecule has 1 unspecified atom stereocenters. The Morgan fingerprint density at radius 1 is 1.24 bits per heavy atom. The Morgan fingerprint density at radius 2 is 2.00 bits per heavy atom. The molecule has 2 aromatic rings. The predicted octanol–water partition coefficient (Wildman–Crippen LogP) is 2.74. The fourth-order valence-corrected chi connectivity index (χ4v) is 2.29. The number of methoxy groups -OCH3 is 1. The third-order valence-electron chi connectivity index (χ3n) is 3.72. The van der Waals surface area contributed by atoms with Gasteiger partial charge in [0.1, 0.15) is 5.75 Å². The van der Waals surface area contributed by atoms with Crippen LogP contribution in [-0.2, 0) is 13.0 Å². The van der Waals surface area contributed by atoms with Crippen molar-refractivity contribution in [2.24, 2.45) is 0 Å². The van der Waals surface area contributed by atoms with Gasteiger partial charge in [-0.1, -0.05) is 18.2 Å². The van der Waals surface area contributed by atoms with Gasteiger partial charge in [-0.25, -0.2) is 0 Å². The molecule has 0 saturated carbocycles. The first-order valence-corrected chi connectivity index (χ1v) is 7.12. The summed E-state index contributed by atoms with van der Waals surface area (Å²) in [5, 5.41) is 0. The molecule has 1 aromatic carbocycles. The molecule has 1 atom stereocenters. The van der Waals surface area contributed by atoms with Crippen LogP contribution in [0.4, 0.5) is 5.69 Å². The van der Waals surface area contributed by atoms with E-state index >= 15 is 0 Å². The molecule has 1 aromatic heterocycles. The number of anilines is 1. The number of nitrogens with zero attached hydrogens (tertiary/aromatic N) is 2. The second kappa shape index (κ2) is 7.09. The summed E-state index contributed by atoms with van der Waals surface area (Å²) in [5.74, 6) is 0.948. The van der Waals surface area contributed by atoms with Gasteiger partial charge in [-0.3, -0.25) is 9.88 Å². The van der Waals surface area contributed by atoms with Crippen molar-refractivity contribution in [1.29, 1.82) is 0 Å². The van der Waals surface area contributed by atoms with Crippen molar-refractivity contribution >= 4 is 5.69 Å². The van der Waals surface area contributed by atoms with Crippen LogP contribution in [0.3, 0.4) is 0 Å². The highest BCUT2D eigenvalue weighted by Gasteiger charge is 2.13. The van der Waals surface area contributed by atoms with Crippen molar-refractivity contribution in [2.75, 3.05) is 19.9 Å². The third-order valence-corrected chi connectivity index (χ3v) is 3.72. The summed E-state index contributed by atoms with van der Waals surface area (Å²) in [4.78, 5) is 6.63.